The lowest BCUT2D eigenvalue weighted by molar-refractivity contribution is 0.387. The summed E-state index contributed by atoms with van der Waals surface area (Å²) in [4.78, 5) is 4.54. The van der Waals surface area contributed by atoms with Gasteiger partial charge in [-0.3, -0.25) is 0 Å². The minimum absolute atomic E-state index is 0.208. The Morgan fingerprint density at radius 2 is 1.67 bits per heavy atom. The van der Waals surface area contributed by atoms with Crippen molar-refractivity contribution >= 4 is 34.9 Å². The first-order chi connectivity index (χ1) is 11.7. The van der Waals surface area contributed by atoms with Crippen LogP contribution < -0.4 is 0 Å². The van der Waals surface area contributed by atoms with Crippen molar-refractivity contribution in [3.8, 4) is 0 Å². The van der Waals surface area contributed by atoms with Crippen molar-refractivity contribution in [1.82, 2.24) is 5.01 Å². The molecule has 2 heterocycles. The third kappa shape index (κ3) is 3.14. The minimum atomic E-state index is 0.208. The molecule has 0 fully saturated rings. The maximum Gasteiger partial charge on any atom is 0.213 e. The first kappa shape index (κ1) is 15.5. The highest BCUT2D eigenvalue weighted by Gasteiger charge is 2.34. The number of benzene rings is 2. The van der Waals surface area contributed by atoms with Gasteiger partial charge in [-0.05, 0) is 36.7 Å². The third-order valence-electron chi connectivity index (χ3n) is 3.90. The van der Waals surface area contributed by atoms with E-state index in [9.17, 15) is 0 Å². The van der Waals surface area contributed by atoms with E-state index >= 15 is 0 Å². The number of amidine groups is 1. The number of rotatable bonds is 2. The fourth-order valence-electron chi connectivity index (χ4n) is 2.51. The Morgan fingerprint density at radius 1 is 1.00 bits per heavy atom. The minimum Gasteiger partial charge on any atom is -0.238 e. The molecule has 0 N–H and O–H groups in total. The second-order valence-electron chi connectivity index (χ2n) is 5.85. The molecule has 0 bridgehead atoms. The molecule has 0 saturated heterocycles. The number of hydrazone groups is 1. The largest absolute Gasteiger partial charge is 0.238 e. The smallest absolute Gasteiger partial charge is 0.213 e. The quantitative estimate of drug-likeness (QED) is 0.688. The Morgan fingerprint density at radius 3 is 2.38 bits per heavy atom. The van der Waals surface area contributed by atoms with Crippen molar-refractivity contribution in [3.63, 3.8) is 0 Å². The van der Waals surface area contributed by atoms with E-state index in [4.69, 9.17) is 0 Å². The molecule has 5 heteroatoms. The predicted octanol–water partition coefficient (Wildman–Crippen LogP) is 5.29. The summed E-state index contributed by atoms with van der Waals surface area (Å²) < 4.78 is 0. The summed E-state index contributed by atoms with van der Waals surface area (Å²) in [6.07, 6.45) is 1.88. The number of hydrogen-bond acceptors (Lipinski definition) is 5. The van der Waals surface area contributed by atoms with Gasteiger partial charge in [0.2, 0.25) is 5.17 Å². The van der Waals surface area contributed by atoms with Gasteiger partial charge in [0.05, 0.1) is 0 Å². The fraction of sp³-hybridized carbons (Fsp3) is 0.158. The first-order valence-electron chi connectivity index (χ1n) is 7.78. The van der Waals surface area contributed by atoms with Crippen molar-refractivity contribution in [3.05, 3.63) is 81.2 Å². The van der Waals surface area contributed by atoms with Gasteiger partial charge in [0.15, 0.2) is 0 Å². The number of hydrogen-bond donors (Lipinski definition) is 0. The van der Waals surface area contributed by atoms with Gasteiger partial charge in [0.25, 0.3) is 0 Å². The van der Waals surface area contributed by atoms with Crippen molar-refractivity contribution in [2.45, 2.75) is 19.2 Å². The van der Waals surface area contributed by atoms with Gasteiger partial charge < -0.3 is 0 Å². The zero-order chi connectivity index (χ0) is 16.5. The van der Waals surface area contributed by atoms with E-state index in [0.717, 1.165) is 15.8 Å². The number of aryl methyl sites for hydroxylation is 2. The highest BCUT2D eigenvalue weighted by molar-refractivity contribution is 8.18. The predicted molar refractivity (Wildman–Crippen MR) is 105 cm³/mol. The highest BCUT2D eigenvalue weighted by Crippen LogP contribution is 2.50. The molecule has 24 heavy (non-hydrogen) atoms. The second kappa shape index (κ2) is 6.49. The Hall–Kier alpha value is -1.98. The lowest BCUT2D eigenvalue weighted by Gasteiger charge is -2.19. The van der Waals surface area contributed by atoms with Crippen LogP contribution in [-0.4, -0.2) is 16.4 Å². The normalized spacial score (nSPS) is 19.6. The molecular formula is C19H17N3S2. The Bertz CT molecular complexity index is 836. The molecule has 4 rings (SSSR count). The van der Waals surface area contributed by atoms with Crippen LogP contribution in [0.5, 0.6) is 0 Å². The molecule has 2 aromatic carbocycles. The summed E-state index contributed by atoms with van der Waals surface area (Å²) in [7, 11) is 0. The summed E-state index contributed by atoms with van der Waals surface area (Å²) in [6.45, 7) is 4.19. The standard InChI is InChI=1S/C19H17N3S2/c1-13-3-7-15(8-4-13)11-20-19-21-22-17(24-19)12-23-18(22)16-9-5-14(2)6-10-16/h3-12,18H,1-2H3/b20-11-. The van der Waals surface area contributed by atoms with Crippen molar-refractivity contribution in [2.24, 2.45) is 10.1 Å². The maximum absolute atomic E-state index is 4.69. The van der Waals surface area contributed by atoms with Crippen molar-refractivity contribution < 1.29 is 0 Å². The van der Waals surface area contributed by atoms with E-state index < -0.39 is 0 Å². The van der Waals surface area contributed by atoms with E-state index in [-0.39, 0.29) is 5.37 Å². The summed E-state index contributed by atoms with van der Waals surface area (Å²) >= 11 is 3.42. The van der Waals surface area contributed by atoms with Crippen LogP contribution in [0.3, 0.4) is 0 Å². The molecule has 0 aromatic heterocycles. The number of thioether (sulfide) groups is 2. The molecule has 2 aliphatic rings. The Kier molecular flexibility index (Phi) is 4.21. The van der Waals surface area contributed by atoms with Crippen LogP contribution in [0.4, 0.5) is 0 Å². The van der Waals surface area contributed by atoms with Crippen LogP contribution in [0.2, 0.25) is 0 Å². The number of aliphatic imine (C=N–C) groups is 1. The molecule has 0 aliphatic carbocycles. The average molecular weight is 352 g/mol. The Balaban J connectivity index is 1.51. The third-order valence-corrected chi connectivity index (χ3v) is 6.02. The van der Waals surface area contributed by atoms with E-state index in [0.29, 0.717) is 0 Å². The van der Waals surface area contributed by atoms with E-state index in [1.54, 1.807) is 23.5 Å². The molecule has 0 radical (unpaired) electrons. The SMILES string of the molecule is Cc1ccc(/C=N\C2=NN3C(=CSC3c3ccc(C)cc3)S2)cc1. The topological polar surface area (TPSA) is 28.0 Å². The van der Waals surface area contributed by atoms with Gasteiger partial charge in [-0.25, -0.2) is 10.0 Å². The van der Waals surface area contributed by atoms with Gasteiger partial charge in [-0.15, -0.1) is 5.10 Å². The van der Waals surface area contributed by atoms with Crippen LogP contribution in [0.15, 0.2) is 69.1 Å². The number of fused-ring (bicyclic) bond motifs is 1. The summed E-state index contributed by atoms with van der Waals surface area (Å²) in [5, 5.41) is 11.1. The van der Waals surface area contributed by atoms with E-state index in [1.807, 2.05) is 6.21 Å². The van der Waals surface area contributed by atoms with Crippen LogP contribution in [-0.2, 0) is 0 Å². The molecule has 1 atom stereocenters. The van der Waals surface area contributed by atoms with Gasteiger partial charge in [-0.2, -0.15) is 0 Å². The second-order valence-corrected chi connectivity index (χ2v) is 7.80. The summed E-state index contributed by atoms with van der Waals surface area (Å²) in [5.41, 5.74) is 4.89. The van der Waals surface area contributed by atoms with Gasteiger partial charge >= 0.3 is 0 Å². The van der Waals surface area contributed by atoms with Crippen LogP contribution in [0.1, 0.15) is 27.6 Å². The lowest BCUT2D eigenvalue weighted by Crippen LogP contribution is -2.12. The monoisotopic (exact) mass is 351 g/mol. The van der Waals surface area contributed by atoms with Crippen LogP contribution >= 0.6 is 23.5 Å². The van der Waals surface area contributed by atoms with Crippen molar-refractivity contribution in [2.75, 3.05) is 0 Å². The molecule has 0 saturated carbocycles. The Labute approximate surface area is 150 Å². The molecule has 1 unspecified atom stereocenters. The highest BCUT2D eigenvalue weighted by atomic mass is 32.2. The van der Waals surface area contributed by atoms with Gasteiger partial charge in [-0.1, -0.05) is 71.4 Å². The zero-order valence-electron chi connectivity index (χ0n) is 13.5. The maximum atomic E-state index is 4.69. The molecule has 0 spiro atoms. The average Bonchev–Trinajstić information content (AvgIpc) is 3.15. The van der Waals surface area contributed by atoms with Gasteiger partial charge in [0, 0.05) is 11.6 Å². The fourth-order valence-corrected chi connectivity index (χ4v) is 4.54. The summed E-state index contributed by atoms with van der Waals surface area (Å²) in [5.74, 6) is 0. The molecule has 0 amide bonds. The molecule has 120 valence electrons. The van der Waals surface area contributed by atoms with Gasteiger partial charge in [0.1, 0.15) is 10.4 Å². The van der Waals surface area contributed by atoms with Crippen LogP contribution in [0.25, 0.3) is 0 Å². The van der Waals surface area contributed by atoms with Crippen molar-refractivity contribution in [1.29, 1.82) is 0 Å². The van der Waals surface area contributed by atoms with E-state index in [1.165, 1.54) is 16.7 Å². The van der Waals surface area contributed by atoms with Crippen LogP contribution in [0, 0.1) is 13.8 Å². The zero-order valence-corrected chi connectivity index (χ0v) is 15.1. The molecular weight excluding hydrogens is 334 g/mol. The molecule has 2 aromatic rings. The lowest BCUT2D eigenvalue weighted by atomic mass is 10.1. The number of nitrogens with zero attached hydrogens (tertiary/aromatic N) is 3. The van der Waals surface area contributed by atoms with E-state index in [2.05, 4.69) is 82.9 Å². The molecule has 3 nitrogen and oxygen atoms in total. The summed E-state index contributed by atoms with van der Waals surface area (Å²) in [6, 6.07) is 17.0. The molecule has 2 aliphatic heterocycles. The first-order valence-corrected chi connectivity index (χ1v) is 9.53.